The van der Waals surface area contributed by atoms with Crippen molar-refractivity contribution in [3.8, 4) is 0 Å². The van der Waals surface area contributed by atoms with Gasteiger partial charge in [0.1, 0.15) is 11.6 Å². The smallest absolute Gasteiger partial charge is 0.303 e. The van der Waals surface area contributed by atoms with Gasteiger partial charge in [-0.3, -0.25) is 9.69 Å². The third-order valence-electron chi connectivity index (χ3n) is 4.55. The van der Waals surface area contributed by atoms with Gasteiger partial charge in [0.25, 0.3) is 0 Å². The fourth-order valence-electron chi connectivity index (χ4n) is 3.24. The molecule has 0 spiro atoms. The number of rotatable bonds is 6. The first-order valence-corrected chi connectivity index (χ1v) is 8.67. The van der Waals surface area contributed by atoms with Crippen molar-refractivity contribution in [3.63, 3.8) is 0 Å². The van der Waals surface area contributed by atoms with E-state index in [0.717, 1.165) is 31.1 Å². The molecule has 1 heterocycles. The highest BCUT2D eigenvalue weighted by Gasteiger charge is 2.15. The molecule has 0 aromatic heterocycles. The predicted octanol–water partition coefficient (Wildman–Crippen LogP) is 4.05. The first-order valence-electron chi connectivity index (χ1n) is 8.67. The van der Waals surface area contributed by atoms with E-state index in [4.69, 9.17) is 5.11 Å². The Hall–Kier alpha value is -2.53. The summed E-state index contributed by atoms with van der Waals surface area (Å²) >= 11 is 0. The van der Waals surface area contributed by atoms with Crippen molar-refractivity contribution >= 4 is 12.0 Å². The zero-order valence-corrected chi connectivity index (χ0v) is 14.4. The fourth-order valence-corrected chi connectivity index (χ4v) is 3.24. The van der Waals surface area contributed by atoms with E-state index >= 15 is 0 Å². The lowest BCUT2D eigenvalue weighted by Crippen LogP contribution is -2.30. The quantitative estimate of drug-likeness (QED) is 0.848. The number of benzene rings is 2. The molecule has 1 aliphatic rings. The highest BCUT2D eigenvalue weighted by molar-refractivity contribution is 5.67. The van der Waals surface area contributed by atoms with Gasteiger partial charge in [0.05, 0.1) is 0 Å². The zero-order valence-electron chi connectivity index (χ0n) is 14.4. The molecule has 0 atom stereocenters. The molecule has 136 valence electrons. The maximum Gasteiger partial charge on any atom is 0.303 e. The number of carboxylic acids is 1. The molecule has 1 aliphatic heterocycles. The van der Waals surface area contributed by atoms with E-state index in [9.17, 15) is 13.6 Å². The first-order chi connectivity index (χ1) is 12.5. The van der Waals surface area contributed by atoms with Gasteiger partial charge in [-0.25, -0.2) is 8.78 Å². The summed E-state index contributed by atoms with van der Waals surface area (Å²) in [5.74, 6) is -1.93. The lowest BCUT2D eigenvalue weighted by atomic mass is 9.96. The van der Waals surface area contributed by atoms with Crippen molar-refractivity contribution in [1.82, 2.24) is 4.90 Å². The fraction of sp³-hybridized carbons (Fsp3) is 0.286. The summed E-state index contributed by atoms with van der Waals surface area (Å²) in [7, 11) is 0. The van der Waals surface area contributed by atoms with Gasteiger partial charge in [-0.1, -0.05) is 30.4 Å². The Kier molecular flexibility index (Phi) is 5.78. The SMILES string of the molecule is O=C(O)CCc1ccc2c(c1)CCN(C/C=C/c1cc(F)cc(F)c1)C2. The van der Waals surface area contributed by atoms with Crippen molar-refractivity contribution in [1.29, 1.82) is 0 Å². The van der Waals surface area contributed by atoms with E-state index in [2.05, 4.69) is 17.0 Å². The minimum absolute atomic E-state index is 0.149. The first kappa shape index (κ1) is 18.3. The molecule has 0 amide bonds. The van der Waals surface area contributed by atoms with Crippen molar-refractivity contribution in [2.75, 3.05) is 13.1 Å². The Bertz CT molecular complexity index is 813. The lowest BCUT2D eigenvalue weighted by Gasteiger charge is -2.28. The summed E-state index contributed by atoms with van der Waals surface area (Å²) in [4.78, 5) is 13.0. The van der Waals surface area contributed by atoms with Crippen molar-refractivity contribution in [2.45, 2.75) is 25.8 Å². The topological polar surface area (TPSA) is 40.5 Å². The van der Waals surface area contributed by atoms with Crippen LogP contribution in [0.4, 0.5) is 8.78 Å². The molecule has 0 saturated carbocycles. The highest BCUT2D eigenvalue weighted by atomic mass is 19.1. The van der Waals surface area contributed by atoms with E-state index in [1.54, 1.807) is 6.08 Å². The van der Waals surface area contributed by atoms with Crippen LogP contribution in [-0.4, -0.2) is 29.1 Å². The average molecular weight is 357 g/mol. The molecule has 0 bridgehead atoms. The van der Waals surface area contributed by atoms with E-state index in [1.807, 2.05) is 12.1 Å². The number of hydrogen-bond acceptors (Lipinski definition) is 2. The van der Waals surface area contributed by atoms with Crippen LogP contribution in [0.3, 0.4) is 0 Å². The molecule has 3 rings (SSSR count). The third-order valence-corrected chi connectivity index (χ3v) is 4.55. The molecule has 5 heteroatoms. The molecule has 2 aromatic carbocycles. The van der Waals surface area contributed by atoms with Gasteiger partial charge >= 0.3 is 5.97 Å². The number of aliphatic carboxylic acids is 1. The minimum atomic E-state index is -0.779. The largest absolute Gasteiger partial charge is 0.481 e. The number of hydrogen-bond donors (Lipinski definition) is 1. The van der Waals surface area contributed by atoms with Gasteiger partial charge in [-0.2, -0.15) is 0 Å². The number of halogens is 2. The summed E-state index contributed by atoms with van der Waals surface area (Å²) in [6.07, 6.45) is 5.27. The second-order valence-electron chi connectivity index (χ2n) is 6.59. The zero-order chi connectivity index (χ0) is 18.5. The van der Waals surface area contributed by atoms with Crippen LogP contribution in [0, 0.1) is 11.6 Å². The number of aryl methyl sites for hydroxylation is 1. The lowest BCUT2D eigenvalue weighted by molar-refractivity contribution is -0.136. The van der Waals surface area contributed by atoms with Crippen molar-refractivity contribution in [3.05, 3.63) is 76.4 Å². The number of carbonyl (C=O) groups is 1. The number of nitrogens with zero attached hydrogens (tertiary/aromatic N) is 1. The third kappa shape index (κ3) is 4.99. The standard InChI is InChI=1S/C21H21F2NO2/c22-19-11-16(12-20(23)13-19)2-1-8-24-9-7-17-10-15(4-6-21(25)26)3-5-18(17)14-24/h1-3,5,10-13H,4,6-9,14H2,(H,25,26)/b2-1+. The Labute approximate surface area is 151 Å². The van der Waals surface area contributed by atoms with Crippen LogP contribution in [-0.2, 0) is 24.2 Å². The average Bonchev–Trinajstić information content (AvgIpc) is 2.59. The molecule has 3 nitrogen and oxygen atoms in total. The van der Waals surface area contributed by atoms with Crippen LogP contribution < -0.4 is 0 Å². The van der Waals surface area contributed by atoms with Crippen LogP contribution in [0.5, 0.6) is 0 Å². The van der Waals surface area contributed by atoms with Gasteiger partial charge < -0.3 is 5.11 Å². The Morgan fingerprint density at radius 3 is 2.62 bits per heavy atom. The van der Waals surface area contributed by atoms with Gasteiger partial charge in [0.15, 0.2) is 0 Å². The van der Waals surface area contributed by atoms with Crippen molar-refractivity contribution in [2.24, 2.45) is 0 Å². The van der Waals surface area contributed by atoms with Gasteiger partial charge in [0, 0.05) is 32.1 Å². The summed E-state index contributed by atoms with van der Waals surface area (Å²) in [6, 6.07) is 9.67. The van der Waals surface area contributed by atoms with Crippen LogP contribution >= 0.6 is 0 Å². The molecule has 0 saturated heterocycles. The normalized spacial score (nSPS) is 14.5. The summed E-state index contributed by atoms with van der Waals surface area (Å²) in [5.41, 5.74) is 4.11. The molecule has 0 aliphatic carbocycles. The van der Waals surface area contributed by atoms with Crippen LogP contribution in [0.15, 0.2) is 42.5 Å². The van der Waals surface area contributed by atoms with Crippen LogP contribution in [0.2, 0.25) is 0 Å². The van der Waals surface area contributed by atoms with E-state index in [0.29, 0.717) is 18.5 Å². The van der Waals surface area contributed by atoms with Crippen molar-refractivity contribution < 1.29 is 18.7 Å². The van der Waals surface area contributed by atoms with Crippen LogP contribution in [0.25, 0.3) is 6.08 Å². The monoisotopic (exact) mass is 357 g/mol. The van der Waals surface area contributed by atoms with Crippen LogP contribution in [0.1, 0.15) is 28.7 Å². The molecule has 0 fully saturated rings. The summed E-state index contributed by atoms with van der Waals surface area (Å²) in [5, 5.41) is 8.79. The minimum Gasteiger partial charge on any atom is -0.481 e. The molecular weight excluding hydrogens is 336 g/mol. The molecule has 0 radical (unpaired) electrons. The second kappa shape index (κ2) is 8.23. The Balaban J connectivity index is 1.58. The molecule has 26 heavy (non-hydrogen) atoms. The van der Waals surface area contributed by atoms with E-state index < -0.39 is 17.6 Å². The summed E-state index contributed by atoms with van der Waals surface area (Å²) in [6.45, 7) is 2.42. The number of carboxylic acid groups (broad SMARTS) is 1. The predicted molar refractivity (Wildman–Crippen MR) is 96.8 cm³/mol. The molecule has 1 N–H and O–H groups in total. The van der Waals surface area contributed by atoms with E-state index in [-0.39, 0.29) is 6.42 Å². The van der Waals surface area contributed by atoms with E-state index in [1.165, 1.54) is 23.3 Å². The molecule has 2 aromatic rings. The molecular formula is C21H21F2NO2. The maximum absolute atomic E-state index is 13.2. The van der Waals surface area contributed by atoms with Gasteiger partial charge in [0.2, 0.25) is 0 Å². The van der Waals surface area contributed by atoms with Gasteiger partial charge in [-0.05, 0) is 47.2 Å². The Morgan fingerprint density at radius 2 is 1.88 bits per heavy atom. The summed E-state index contributed by atoms with van der Waals surface area (Å²) < 4.78 is 26.4. The second-order valence-corrected chi connectivity index (χ2v) is 6.59. The number of fused-ring (bicyclic) bond motifs is 1. The maximum atomic E-state index is 13.2. The Morgan fingerprint density at radius 1 is 1.12 bits per heavy atom. The highest BCUT2D eigenvalue weighted by Crippen LogP contribution is 2.21. The molecule has 0 unspecified atom stereocenters. The van der Waals surface area contributed by atoms with Gasteiger partial charge in [-0.15, -0.1) is 0 Å².